The average molecular weight is 271 g/mol. The fourth-order valence-electron chi connectivity index (χ4n) is 2.58. The summed E-state index contributed by atoms with van der Waals surface area (Å²) in [4.78, 5) is 2.55. The molecule has 2 aliphatic heterocycles. The van der Waals surface area contributed by atoms with Crippen LogP contribution < -0.4 is 5.32 Å². The first-order valence-corrected chi connectivity index (χ1v) is 5.95. The Bertz CT molecular complexity index is 169. The molecule has 2 saturated heterocycles. The van der Waals surface area contributed by atoms with Crippen LogP contribution in [-0.2, 0) is 0 Å². The largest absolute Gasteiger partial charge is 0.396 e. The van der Waals surface area contributed by atoms with Gasteiger partial charge in [0, 0.05) is 19.2 Å². The van der Waals surface area contributed by atoms with Crippen LogP contribution in [0.5, 0.6) is 0 Å². The van der Waals surface area contributed by atoms with Crippen LogP contribution in [0, 0.1) is 5.92 Å². The Morgan fingerprint density at radius 1 is 1.12 bits per heavy atom. The molecule has 0 amide bonds. The fraction of sp³-hybridized carbons (Fsp3) is 1.00. The molecule has 2 fully saturated rings. The first-order chi connectivity index (χ1) is 6.88. The van der Waals surface area contributed by atoms with Gasteiger partial charge in [0.1, 0.15) is 0 Å². The third-order valence-corrected chi connectivity index (χ3v) is 3.61. The van der Waals surface area contributed by atoms with Gasteiger partial charge >= 0.3 is 0 Å². The molecule has 2 rings (SSSR count). The monoisotopic (exact) mass is 270 g/mol. The predicted octanol–water partition coefficient (Wildman–Crippen LogP) is 1.29. The highest BCUT2D eigenvalue weighted by molar-refractivity contribution is 5.85. The molecular weight excluding hydrogens is 247 g/mol. The van der Waals surface area contributed by atoms with Crippen molar-refractivity contribution >= 4 is 24.8 Å². The lowest BCUT2D eigenvalue weighted by Crippen LogP contribution is -2.42. The third-order valence-electron chi connectivity index (χ3n) is 3.61. The number of halogens is 2. The van der Waals surface area contributed by atoms with Gasteiger partial charge in [0.15, 0.2) is 0 Å². The molecule has 98 valence electrons. The zero-order chi connectivity index (χ0) is 9.80. The van der Waals surface area contributed by atoms with E-state index >= 15 is 0 Å². The highest BCUT2D eigenvalue weighted by Gasteiger charge is 2.22. The van der Waals surface area contributed by atoms with Crippen LogP contribution >= 0.6 is 24.8 Å². The van der Waals surface area contributed by atoms with Gasteiger partial charge in [0.05, 0.1) is 0 Å². The number of nitrogens with zero attached hydrogens (tertiary/aromatic N) is 1. The maximum absolute atomic E-state index is 9.03. The second-order valence-corrected chi connectivity index (χ2v) is 4.72. The normalized spacial score (nSPS) is 27.2. The molecule has 2 heterocycles. The summed E-state index contributed by atoms with van der Waals surface area (Å²) in [5, 5.41) is 12.6. The van der Waals surface area contributed by atoms with Crippen LogP contribution in [0.4, 0.5) is 0 Å². The van der Waals surface area contributed by atoms with Crippen molar-refractivity contribution in [2.45, 2.75) is 31.7 Å². The molecular formula is C11H24Cl2N2O. The molecule has 2 aliphatic rings. The lowest BCUT2D eigenvalue weighted by Gasteiger charge is -2.32. The highest BCUT2D eigenvalue weighted by atomic mass is 35.5. The van der Waals surface area contributed by atoms with E-state index in [1.54, 1.807) is 0 Å². The molecule has 0 aromatic heterocycles. The zero-order valence-electron chi connectivity index (χ0n) is 9.73. The molecule has 0 aromatic carbocycles. The van der Waals surface area contributed by atoms with Gasteiger partial charge in [-0.3, -0.25) is 0 Å². The fourth-order valence-corrected chi connectivity index (χ4v) is 2.58. The van der Waals surface area contributed by atoms with E-state index in [1.807, 2.05) is 0 Å². The van der Waals surface area contributed by atoms with E-state index < -0.39 is 0 Å². The number of aliphatic hydroxyl groups excluding tert-OH is 1. The number of nitrogens with one attached hydrogen (secondary N) is 1. The Morgan fingerprint density at radius 2 is 1.81 bits per heavy atom. The molecule has 0 bridgehead atoms. The highest BCUT2D eigenvalue weighted by Crippen LogP contribution is 2.17. The Kier molecular flexibility index (Phi) is 8.78. The number of piperidine rings is 1. The van der Waals surface area contributed by atoms with E-state index in [0.717, 1.165) is 6.04 Å². The van der Waals surface area contributed by atoms with Crippen LogP contribution in [0.3, 0.4) is 0 Å². The second-order valence-electron chi connectivity index (χ2n) is 4.72. The van der Waals surface area contributed by atoms with Crippen molar-refractivity contribution in [1.82, 2.24) is 10.2 Å². The smallest absolute Gasteiger partial charge is 0.0460 e. The van der Waals surface area contributed by atoms with Gasteiger partial charge in [-0.25, -0.2) is 0 Å². The summed E-state index contributed by atoms with van der Waals surface area (Å²) >= 11 is 0. The molecule has 5 heteroatoms. The molecule has 0 unspecified atom stereocenters. The first kappa shape index (κ1) is 16.5. The zero-order valence-corrected chi connectivity index (χ0v) is 11.4. The van der Waals surface area contributed by atoms with E-state index in [2.05, 4.69) is 10.2 Å². The van der Waals surface area contributed by atoms with E-state index in [-0.39, 0.29) is 24.8 Å². The molecule has 3 nitrogen and oxygen atoms in total. The number of likely N-dealkylation sites (tertiary alicyclic amines) is 1. The van der Waals surface area contributed by atoms with Crippen molar-refractivity contribution in [3.8, 4) is 0 Å². The second kappa shape index (κ2) is 8.54. The van der Waals surface area contributed by atoms with Gasteiger partial charge in [-0.2, -0.15) is 0 Å². The summed E-state index contributed by atoms with van der Waals surface area (Å²) in [7, 11) is 0. The minimum Gasteiger partial charge on any atom is -0.396 e. The van der Waals surface area contributed by atoms with Crippen LogP contribution in [-0.4, -0.2) is 48.8 Å². The minimum absolute atomic E-state index is 0. The molecule has 0 spiro atoms. The van der Waals surface area contributed by atoms with Gasteiger partial charge in [0.2, 0.25) is 0 Å². The maximum Gasteiger partial charge on any atom is 0.0460 e. The topological polar surface area (TPSA) is 35.5 Å². The quantitative estimate of drug-likeness (QED) is 0.812. The molecule has 2 N–H and O–H groups in total. The molecule has 16 heavy (non-hydrogen) atoms. The van der Waals surface area contributed by atoms with Gasteiger partial charge < -0.3 is 15.3 Å². The van der Waals surface area contributed by atoms with E-state index in [9.17, 15) is 0 Å². The maximum atomic E-state index is 9.03. The van der Waals surface area contributed by atoms with Crippen molar-refractivity contribution in [1.29, 1.82) is 0 Å². The summed E-state index contributed by atoms with van der Waals surface area (Å²) in [5.41, 5.74) is 0. The lowest BCUT2D eigenvalue weighted by atomic mass is 9.97. The van der Waals surface area contributed by atoms with Crippen LogP contribution in [0.1, 0.15) is 25.7 Å². The van der Waals surface area contributed by atoms with Crippen molar-refractivity contribution < 1.29 is 5.11 Å². The van der Waals surface area contributed by atoms with Crippen LogP contribution in [0.15, 0.2) is 0 Å². The van der Waals surface area contributed by atoms with Crippen molar-refractivity contribution in [2.24, 2.45) is 5.92 Å². The molecule has 0 aliphatic carbocycles. The van der Waals surface area contributed by atoms with Crippen LogP contribution in [0.25, 0.3) is 0 Å². The first-order valence-electron chi connectivity index (χ1n) is 5.95. The number of rotatable bonds is 3. The van der Waals surface area contributed by atoms with Crippen molar-refractivity contribution in [2.75, 3.05) is 32.8 Å². The van der Waals surface area contributed by atoms with E-state index in [1.165, 1.54) is 51.9 Å². The van der Waals surface area contributed by atoms with Gasteiger partial charge in [0.25, 0.3) is 0 Å². The SMILES string of the molecule is Cl.Cl.OCC1CCN(C[C@@H]2CCCN2)CC1. The van der Waals surface area contributed by atoms with E-state index in [0.29, 0.717) is 12.5 Å². The predicted molar refractivity (Wildman–Crippen MR) is 71.8 cm³/mol. The summed E-state index contributed by atoms with van der Waals surface area (Å²) in [6.07, 6.45) is 5.06. The third kappa shape index (κ3) is 4.76. The van der Waals surface area contributed by atoms with Gasteiger partial charge in [-0.15, -0.1) is 24.8 Å². The number of hydrogen-bond acceptors (Lipinski definition) is 3. The molecule has 1 atom stereocenters. The Labute approximate surface area is 111 Å². The van der Waals surface area contributed by atoms with Gasteiger partial charge in [-0.1, -0.05) is 0 Å². The Hall–Kier alpha value is 0.460. The van der Waals surface area contributed by atoms with Crippen molar-refractivity contribution in [3.63, 3.8) is 0 Å². The molecule has 0 saturated carbocycles. The summed E-state index contributed by atoms with van der Waals surface area (Å²) in [6.45, 7) is 5.18. The van der Waals surface area contributed by atoms with Gasteiger partial charge in [-0.05, 0) is 51.2 Å². The Balaban J connectivity index is 0.00000112. The van der Waals surface area contributed by atoms with Crippen molar-refractivity contribution in [3.05, 3.63) is 0 Å². The van der Waals surface area contributed by atoms with Crippen LogP contribution in [0.2, 0.25) is 0 Å². The van der Waals surface area contributed by atoms with E-state index in [4.69, 9.17) is 5.11 Å². The summed E-state index contributed by atoms with van der Waals surface area (Å²) < 4.78 is 0. The lowest BCUT2D eigenvalue weighted by molar-refractivity contribution is 0.125. The number of aliphatic hydroxyl groups is 1. The minimum atomic E-state index is 0. The number of hydrogen-bond donors (Lipinski definition) is 2. The molecule has 0 aromatic rings. The Morgan fingerprint density at radius 3 is 2.31 bits per heavy atom. The summed E-state index contributed by atoms with van der Waals surface area (Å²) in [6, 6.07) is 0.737. The molecule has 0 radical (unpaired) electrons. The standard InChI is InChI=1S/C11H22N2O.2ClH/c14-9-10-3-6-13(7-4-10)8-11-2-1-5-12-11;;/h10-12,14H,1-9H2;2*1H/t11-;;/m0../s1. The summed E-state index contributed by atoms with van der Waals surface area (Å²) in [5.74, 6) is 0.572. The average Bonchev–Trinajstić information content (AvgIpc) is 2.72.